The fourth-order valence-corrected chi connectivity index (χ4v) is 4.44. The molecule has 0 unspecified atom stereocenters. The van der Waals surface area contributed by atoms with Crippen molar-refractivity contribution >= 4 is 34.0 Å². The summed E-state index contributed by atoms with van der Waals surface area (Å²) in [5.74, 6) is 1.66. The predicted octanol–water partition coefficient (Wildman–Crippen LogP) is 4.83. The van der Waals surface area contributed by atoms with Gasteiger partial charge in [-0.1, -0.05) is 23.7 Å². The van der Waals surface area contributed by atoms with Crippen LogP contribution in [0.4, 0.5) is 11.5 Å². The monoisotopic (exact) mass is 439 g/mol. The highest BCUT2D eigenvalue weighted by molar-refractivity contribution is 6.31. The Morgan fingerprint density at radius 2 is 1.84 bits per heavy atom. The molecule has 7 nitrogen and oxygen atoms in total. The minimum Gasteiger partial charge on any atom is -0.325 e. The number of aromatic nitrogens is 6. The average molecular weight is 440 g/mol. The Morgan fingerprint density at radius 3 is 2.72 bits per heavy atom. The SMILES string of the molecule is Cn1cnnc1-c1cncc(-c2ccc3ncnc(N4CCc5ccc(Cl)cc54)c3c2)c1. The number of fused-ring (bicyclic) bond motifs is 2. The van der Waals surface area contributed by atoms with Gasteiger partial charge in [-0.2, -0.15) is 0 Å². The Labute approximate surface area is 189 Å². The zero-order valence-electron chi connectivity index (χ0n) is 17.3. The third kappa shape index (κ3) is 3.09. The molecule has 0 atom stereocenters. The van der Waals surface area contributed by atoms with Gasteiger partial charge in [0, 0.05) is 53.2 Å². The molecule has 5 aromatic rings. The lowest BCUT2D eigenvalue weighted by molar-refractivity contribution is 0.919. The number of benzene rings is 2. The fourth-order valence-electron chi connectivity index (χ4n) is 4.27. The summed E-state index contributed by atoms with van der Waals surface area (Å²) in [6.07, 6.45) is 7.92. The Bertz CT molecular complexity index is 1480. The predicted molar refractivity (Wildman–Crippen MR) is 125 cm³/mol. The molecule has 156 valence electrons. The van der Waals surface area contributed by atoms with Crippen LogP contribution in [0.1, 0.15) is 5.56 Å². The molecule has 0 aliphatic carbocycles. The van der Waals surface area contributed by atoms with Gasteiger partial charge in [0.25, 0.3) is 0 Å². The quantitative estimate of drug-likeness (QED) is 0.400. The lowest BCUT2D eigenvalue weighted by Crippen LogP contribution is -2.15. The lowest BCUT2D eigenvalue weighted by Gasteiger charge is -2.20. The zero-order chi connectivity index (χ0) is 21.7. The number of nitrogens with zero attached hydrogens (tertiary/aromatic N) is 7. The van der Waals surface area contributed by atoms with Crippen molar-refractivity contribution in [2.75, 3.05) is 11.4 Å². The van der Waals surface area contributed by atoms with Crippen LogP contribution in [-0.2, 0) is 13.5 Å². The molecule has 0 N–H and O–H groups in total. The van der Waals surface area contributed by atoms with Crippen molar-refractivity contribution in [1.82, 2.24) is 29.7 Å². The van der Waals surface area contributed by atoms with Crippen molar-refractivity contribution in [3.63, 3.8) is 0 Å². The minimum absolute atomic E-state index is 0.723. The molecule has 0 bridgehead atoms. The van der Waals surface area contributed by atoms with Crippen LogP contribution in [0.25, 0.3) is 33.4 Å². The number of anilines is 2. The maximum absolute atomic E-state index is 6.29. The van der Waals surface area contributed by atoms with E-state index in [2.05, 4.69) is 54.3 Å². The number of rotatable bonds is 3. The van der Waals surface area contributed by atoms with Gasteiger partial charge in [-0.15, -0.1) is 10.2 Å². The molecule has 0 saturated carbocycles. The average Bonchev–Trinajstić information content (AvgIpc) is 3.44. The van der Waals surface area contributed by atoms with Crippen LogP contribution in [0, 0.1) is 0 Å². The number of aryl methyl sites for hydroxylation is 1. The van der Waals surface area contributed by atoms with Crippen LogP contribution < -0.4 is 4.90 Å². The molecule has 0 spiro atoms. The summed E-state index contributed by atoms with van der Waals surface area (Å²) in [6, 6.07) is 14.3. The molecule has 6 rings (SSSR count). The van der Waals surface area contributed by atoms with Gasteiger partial charge in [0.05, 0.1) is 5.52 Å². The Hall–Kier alpha value is -3.84. The first-order valence-electron chi connectivity index (χ1n) is 10.3. The second kappa shape index (κ2) is 7.39. The van der Waals surface area contributed by atoms with E-state index in [1.165, 1.54) is 5.56 Å². The molecule has 1 aliphatic rings. The number of halogens is 1. The number of pyridine rings is 1. The molecule has 2 aromatic carbocycles. The molecule has 0 fully saturated rings. The third-order valence-corrected chi connectivity index (χ3v) is 6.09. The van der Waals surface area contributed by atoms with E-state index in [-0.39, 0.29) is 0 Å². The van der Waals surface area contributed by atoms with E-state index in [0.29, 0.717) is 0 Å². The Kier molecular flexibility index (Phi) is 4.36. The van der Waals surface area contributed by atoms with Crippen LogP contribution >= 0.6 is 11.6 Å². The summed E-state index contributed by atoms with van der Waals surface area (Å²) in [6.45, 7) is 0.856. The van der Waals surface area contributed by atoms with Gasteiger partial charge < -0.3 is 9.47 Å². The van der Waals surface area contributed by atoms with Gasteiger partial charge in [0.15, 0.2) is 5.82 Å². The molecule has 4 heterocycles. The smallest absolute Gasteiger partial charge is 0.165 e. The van der Waals surface area contributed by atoms with Gasteiger partial charge >= 0.3 is 0 Å². The van der Waals surface area contributed by atoms with E-state index in [0.717, 1.165) is 62.9 Å². The molecule has 3 aromatic heterocycles. The van der Waals surface area contributed by atoms with Crippen LogP contribution in [0.5, 0.6) is 0 Å². The first kappa shape index (κ1) is 18.9. The molecule has 0 radical (unpaired) electrons. The second-order valence-corrected chi connectivity index (χ2v) is 8.27. The lowest BCUT2D eigenvalue weighted by atomic mass is 10.0. The van der Waals surface area contributed by atoms with E-state index < -0.39 is 0 Å². The first-order valence-corrected chi connectivity index (χ1v) is 10.7. The van der Waals surface area contributed by atoms with Crippen LogP contribution in [0.2, 0.25) is 5.02 Å². The first-order chi connectivity index (χ1) is 15.7. The highest BCUT2D eigenvalue weighted by Crippen LogP contribution is 2.39. The summed E-state index contributed by atoms with van der Waals surface area (Å²) >= 11 is 6.29. The Balaban J connectivity index is 1.47. The topological polar surface area (TPSA) is 72.6 Å². The summed E-state index contributed by atoms with van der Waals surface area (Å²) in [5, 5.41) is 9.89. The van der Waals surface area contributed by atoms with Gasteiger partial charge in [0.1, 0.15) is 18.5 Å². The van der Waals surface area contributed by atoms with Crippen molar-refractivity contribution in [2.45, 2.75) is 6.42 Å². The largest absolute Gasteiger partial charge is 0.325 e. The molecule has 1 aliphatic heterocycles. The van der Waals surface area contributed by atoms with E-state index in [4.69, 9.17) is 11.6 Å². The summed E-state index contributed by atoms with van der Waals surface area (Å²) in [5.41, 5.74) is 6.22. The van der Waals surface area contributed by atoms with Crippen LogP contribution in [0.15, 0.2) is 67.5 Å². The molecule has 0 amide bonds. The third-order valence-electron chi connectivity index (χ3n) is 5.85. The maximum atomic E-state index is 6.29. The molecule has 32 heavy (non-hydrogen) atoms. The van der Waals surface area contributed by atoms with Gasteiger partial charge in [-0.05, 0) is 47.9 Å². The molecular weight excluding hydrogens is 422 g/mol. The van der Waals surface area contributed by atoms with E-state index >= 15 is 0 Å². The summed E-state index contributed by atoms with van der Waals surface area (Å²) in [4.78, 5) is 15.8. The van der Waals surface area contributed by atoms with Crippen molar-refractivity contribution < 1.29 is 0 Å². The number of hydrogen-bond donors (Lipinski definition) is 0. The van der Waals surface area contributed by atoms with Gasteiger partial charge in [-0.3, -0.25) is 4.98 Å². The second-order valence-electron chi connectivity index (χ2n) is 7.83. The fraction of sp³-hybridized carbons (Fsp3) is 0.125. The van der Waals surface area contributed by atoms with Crippen LogP contribution in [-0.4, -0.2) is 36.3 Å². The highest BCUT2D eigenvalue weighted by atomic mass is 35.5. The van der Waals surface area contributed by atoms with Crippen molar-refractivity contribution in [2.24, 2.45) is 7.05 Å². The van der Waals surface area contributed by atoms with Gasteiger partial charge in [-0.25, -0.2) is 9.97 Å². The number of hydrogen-bond acceptors (Lipinski definition) is 6. The maximum Gasteiger partial charge on any atom is 0.165 e. The molecule has 0 saturated heterocycles. The molecule has 8 heteroatoms. The van der Waals surface area contributed by atoms with Crippen LogP contribution in [0.3, 0.4) is 0 Å². The normalized spacial score (nSPS) is 13.0. The highest BCUT2D eigenvalue weighted by Gasteiger charge is 2.23. The van der Waals surface area contributed by atoms with Crippen molar-refractivity contribution in [1.29, 1.82) is 0 Å². The summed E-state index contributed by atoms with van der Waals surface area (Å²) < 4.78 is 1.88. The molecular formula is C24H18ClN7. The van der Waals surface area contributed by atoms with Crippen molar-refractivity contribution in [3.8, 4) is 22.5 Å². The zero-order valence-corrected chi connectivity index (χ0v) is 18.0. The van der Waals surface area contributed by atoms with Crippen molar-refractivity contribution in [3.05, 3.63) is 78.1 Å². The standard InChI is InChI=1S/C24H18ClN7/c1-31-14-29-30-23(31)18-8-17(11-26-12-18)16-3-5-21-20(9-16)24(28-13-27-21)32-7-6-15-2-4-19(25)10-22(15)32/h2-5,8-14H,6-7H2,1H3. The van der Waals surface area contributed by atoms with E-state index in [1.807, 2.05) is 36.0 Å². The van der Waals surface area contributed by atoms with E-state index in [1.54, 1.807) is 18.9 Å². The summed E-state index contributed by atoms with van der Waals surface area (Å²) in [7, 11) is 1.92. The minimum atomic E-state index is 0.723. The van der Waals surface area contributed by atoms with E-state index in [9.17, 15) is 0 Å². The van der Waals surface area contributed by atoms with Gasteiger partial charge in [0.2, 0.25) is 0 Å². The Morgan fingerprint density at radius 1 is 0.938 bits per heavy atom.